The Balaban J connectivity index is 4.45. The molecule has 2 unspecified atom stereocenters. The Morgan fingerprint density at radius 2 is 0.885 bits per heavy atom. The van der Waals surface area contributed by atoms with E-state index in [9.17, 15) is 19.5 Å². The predicted octanol–water partition coefficient (Wildman–Crippen LogP) is 13.2. The van der Waals surface area contributed by atoms with Crippen LogP contribution in [0, 0.1) is 0 Å². The van der Waals surface area contributed by atoms with Gasteiger partial charge in [-0.2, -0.15) is 0 Å². The number of hydrogen-bond acceptors (Lipinski definition) is 6. The van der Waals surface area contributed by atoms with Crippen LogP contribution < -0.4 is 0 Å². The highest BCUT2D eigenvalue weighted by molar-refractivity contribution is 5.72. The van der Waals surface area contributed by atoms with Gasteiger partial charge >= 0.3 is 17.9 Å². The summed E-state index contributed by atoms with van der Waals surface area (Å²) in [5, 5.41) is 9.63. The minimum atomic E-state index is -0.890. The molecule has 0 heterocycles. The summed E-state index contributed by atoms with van der Waals surface area (Å²) in [6, 6.07) is -0.633. The topological polar surface area (TPSA) is 99.1 Å². The van der Waals surface area contributed by atoms with Crippen LogP contribution in [0.2, 0.25) is 0 Å². The van der Waals surface area contributed by atoms with Crippen molar-refractivity contribution in [2.45, 2.75) is 167 Å². The molecule has 61 heavy (non-hydrogen) atoms. The van der Waals surface area contributed by atoms with E-state index >= 15 is 0 Å². The Hall–Kier alpha value is -4.01. The lowest BCUT2D eigenvalue weighted by Gasteiger charge is -2.31. The maximum absolute atomic E-state index is 12.7. The van der Waals surface area contributed by atoms with E-state index in [0.29, 0.717) is 19.3 Å². The van der Waals surface area contributed by atoms with Gasteiger partial charge in [0.1, 0.15) is 6.61 Å². The molecule has 0 bridgehead atoms. The average Bonchev–Trinajstić information content (AvgIpc) is 3.22. The van der Waals surface area contributed by atoms with Crippen molar-refractivity contribution in [3.8, 4) is 0 Å². The minimum Gasteiger partial charge on any atom is -0.477 e. The van der Waals surface area contributed by atoms with Crippen LogP contribution in [0.15, 0.2) is 109 Å². The van der Waals surface area contributed by atoms with E-state index in [1.807, 2.05) is 21.1 Å². The van der Waals surface area contributed by atoms with Gasteiger partial charge in [-0.05, 0) is 89.9 Å². The second-order valence-electron chi connectivity index (χ2n) is 16.2. The van der Waals surface area contributed by atoms with Crippen molar-refractivity contribution in [2.75, 3.05) is 41.0 Å². The molecule has 0 aromatic carbocycles. The smallest absolute Gasteiger partial charge is 0.362 e. The summed E-state index contributed by atoms with van der Waals surface area (Å²) in [6.07, 6.45) is 58.6. The Labute approximate surface area is 372 Å². The number of carboxylic acids is 1. The number of allylic oxidation sites excluding steroid dienone is 18. The normalized spacial score (nSPS) is 13.9. The molecular formula is C53H86NO7+. The fraction of sp³-hybridized carbons (Fsp3) is 0.604. The molecule has 0 aliphatic carbocycles. The lowest BCUT2D eigenvalue weighted by Crippen LogP contribution is -2.50. The number of quaternary nitrogens is 1. The Kier molecular flexibility index (Phi) is 39.9. The zero-order chi connectivity index (χ0) is 44.9. The second-order valence-corrected chi connectivity index (χ2v) is 16.2. The van der Waals surface area contributed by atoms with E-state index in [4.69, 9.17) is 14.2 Å². The lowest BCUT2D eigenvalue weighted by atomic mass is 10.1. The molecule has 0 saturated heterocycles. The van der Waals surface area contributed by atoms with Crippen LogP contribution in [-0.4, -0.2) is 80.6 Å². The molecule has 0 saturated carbocycles. The monoisotopic (exact) mass is 849 g/mol. The van der Waals surface area contributed by atoms with Gasteiger partial charge in [-0.15, -0.1) is 0 Å². The largest absolute Gasteiger partial charge is 0.477 e. The Morgan fingerprint density at radius 1 is 0.492 bits per heavy atom. The highest BCUT2D eigenvalue weighted by Crippen LogP contribution is 2.12. The summed E-state index contributed by atoms with van der Waals surface area (Å²) >= 11 is 0. The minimum absolute atomic E-state index is 0.0278. The third-order valence-corrected chi connectivity index (χ3v) is 9.67. The van der Waals surface area contributed by atoms with Gasteiger partial charge in [0.05, 0.1) is 34.4 Å². The Bertz CT molecular complexity index is 1360. The van der Waals surface area contributed by atoms with E-state index in [0.717, 1.165) is 89.9 Å². The fourth-order valence-corrected chi connectivity index (χ4v) is 6.12. The first-order valence-corrected chi connectivity index (χ1v) is 23.4. The van der Waals surface area contributed by atoms with Gasteiger partial charge in [0.15, 0.2) is 12.1 Å². The molecule has 8 nitrogen and oxygen atoms in total. The van der Waals surface area contributed by atoms with Crippen LogP contribution in [0.1, 0.15) is 155 Å². The number of hydrogen-bond donors (Lipinski definition) is 1. The molecule has 344 valence electrons. The third-order valence-electron chi connectivity index (χ3n) is 9.67. The lowest BCUT2D eigenvalue weighted by molar-refractivity contribution is -0.887. The van der Waals surface area contributed by atoms with Crippen molar-refractivity contribution < 1.29 is 38.2 Å². The predicted molar refractivity (Wildman–Crippen MR) is 256 cm³/mol. The number of ether oxygens (including phenoxy) is 3. The number of unbranched alkanes of at least 4 members (excludes halogenated alkanes) is 8. The van der Waals surface area contributed by atoms with E-state index < -0.39 is 18.1 Å². The highest BCUT2D eigenvalue weighted by Gasteiger charge is 2.31. The van der Waals surface area contributed by atoms with Gasteiger partial charge in [0.25, 0.3) is 0 Å². The SMILES string of the molecule is CC/C=C/C/C=C/C/C=C/C/C=C/C/C=C/C/C=C/C/C=C/CCCC(=O)OC(COCCC(C(=O)O)[N+](C)(C)C)COC(=O)CCCCCCCCC/C=C/C/C=C/CC. The molecule has 8 heteroatoms. The average molecular weight is 849 g/mol. The van der Waals surface area contributed by atoms with Crippen LogP contribution in [0.3, 0.4) is 0 Å². The summed E-state index contributed by atoms with van der Waals surface area (Å²) in [5.41, 5.74) is 0. The van der Waals surface area contributed by atoms with Crippen LogP contribution in [-0.2, 0) is 28.6 Å². The first-order chi connectivity index (χ1) is 29.6. The van der Waals surface area contributed by atoms with Gasteiger partial charge in [-0.3, -0.25) is 9.59 Å². The molecule has 0 spiro atoms. The number of nitrogens with zero attached hydrogens (tertiary/aromatic N) is 1. The molecule has 0 amide bonds. The standard InChI is InChI=1S/C53H85NO7/c1-6-8-10-12-14-16-18-20-22-23-24-25-26-27-28-29-30-32-34-36-38-40-42-44-52(56)61-49(47-59-46-45-50(53(57)58)54(3,4)5)48-60-51(55)43-41-39-37-35-33-31-21-19-17-15-13-11-9-7-2/h8-11,14-17,20,22,24-25,27-28,30,32,36,38,49-50H,6-7,12-13,18-19,21,23,26,29,31,33-35,37,39-48H2,1-5H3/p+1/b10-8+,11-9+,16-14+,17-15+,22-20+,25-24+,28-27+,32-30+,38-36+. The number of likely N-dealkylation sites (N-methyl/N-ethyl adjacent to an activating group) is 1. The van der Waals surface area contributed by atoms with Crippen molar-refractivity contribution in [1.29, 1.82) is 0 Å². The molecule has 0 rings (SSSR count). The molecule has 0 aliphatic rings. The molecule has 0 aromatic rings. The number of aliphatic carboxylic acids is 1. The first kappa shape index (κ1) is 57.0. The number of rotatable bonds is 40. The molecule has 2 atom stereocenters. The zero-order valence-corrected chi connectivity index (χ0v) is 39.1. The molecule has 0 radical (unpaired) electrons. The van der Waals surface area contributed by atoms with Gasteiger partial charge in [-0.25, -0.2) is 4.79 Å². The summed E-state index contributed by atoms with van der Waals surface area (Å²) in [7, 11) is 5.49. The van der Waals surface area contributed by atoms with Crippen molar-refractivity contribution in [3.63, 3.8) is 0 Å². The Morgan fingerprint density at radius 3 is 1.33 bits per heavy atom. The molecule has 0 aliphatic heterocycles. The van der Waals surface area contributed by atoms with Gasteiger partial charge in [-0.1, -0.05) is 155 Å². The number of carbonyl (C=O) groups excluding carboxylic acids is 2. The summed E-state index contributed by atoms with van der Waals surface area (Å²) in [5.74, 6) is -1.57. The van der Waals surface area contributed by atoms with E-state index in [2.05, 4.69) is 123 Å². The van der Waals surface area contributed by atoms with E-state index in [1.165, 1.54) is 25.7 Å². The van der Waals surface area contributed by atoms with Crippen molar-refractivity contribution in [3.05, 3.63) is 109 Å². The van der Waals surface area contributed by atoms with Crippen LogP contribution in [0.4, 0.5) is 0 Å². The van der Waals surface area contributed by atoms with Crippen molar-refractivity contribution >= 4 is 17.9 Å². The molecule has 0 fully saturated rings. The van der Waals surface area contributed by atoms with Crippen LogP contribution in [0.25, 0.3) is 0 Å². The fourth-order valence-electron chi connectivity index (χ4n) is 6.12. The van der Waals surface area contributed by atoms with Gasteiger partial charge in [0, 0.05) is 19.3 Å². The highest BCUT2D eigenvalue weighted by atomic mass is 16.6. The van der Waals surface area contributed by atoms with Crippen molar-refractivity contribution in [1.82, 2.24) is 0 Å². The van der Waals surface area contributed by atoms with Crippen LogP contribution >= 0.6 is 0 Å². The van der Waals surface area contributed by atoms with Crippen molar-refractivity contribution in [2.24, 2.45) is 0 Å². The number of carboxylic acid groups (broad SMARTS) is 1. The van der Waals surface area contributed by atoms with E-state index in [-0.39, 0.29) is 42.7 Å². The number of carbonyl (C=O) groups is 3. The third kappa shape index (κ3) is 41.1. The zero-order valence-electron chi connectivity index (χ0n) is 39.1. The summed E-state index contributed by atoms with van der Waals surface area (Å²) in [4.78, 5) is 37.0. The second kappa shape index (κ2) is 42.7. The quantitative estimate of drug-likeness (QED) is 0.0284. The molecule has 0 aromatic heterocycles. The van der Waals surface area contributed by atoms with Gasteiger partial charge in [0.2, 0.25) is 0 Å². The van der Waals surface area contributed by atoms with Crippen LogP contribution in [0.5, 0.6) is 0 Å². The van der Waals surface area contributed by atoms with Gasteiger partial charge < -0.3 is 23.8 Å². The van der Waals surface area contributed by atoms with E-state index in [1.54, 1.807) is 0 Å². The maximum atomic E-state index is 12.7. The summed E-state index contributed by atoms with van der Waals surface area (Å²) in [6.45, 7) is 4.42. The number of esters is 2. The first-order valence-electron chi connectivity index (χ1n) is 23.4. The molecule has 1 N–H and O–H groups in total. The molecular weight excluding hydrogens is 763 g/mol. The summed E-state index contributed by atoms with van der Waals surface area (Å²) < 4.78 is 17.2. The maximum Gasteiger partial charge on any atom is 0.362 e.